The highest BCUT2D eigenvalue weighted by atomic mass is 79.9. The van der Waals surface area contributed by atoms with Crippen molar-refractivity contribution in [3.05, 3.63) is 55.1 Å². The molecule has 0 aliphatic heterocycles. The lowest BCUT2D eigenvalue weighted by Crippen LogP contribution is -2.15. The molecule has 2 rings (SSSR count). The summed E-state index contributed by atoms with van der Waals surface area (Å²) in [4.78, 5) is 15.1. The minimum Gasteiger partial charge on any atom is -0.320 e. The van der Waals surface area contributed by atoms with Crippen LogP contribution in [0.5, 0.6) is 0 Å². The predicted octanol–water partition coefficient (Wildman–Crippen LogP) is 4.90. The molecular formula is C12H5Br3F2N2O. The molecule has 0 spiro atoms. The van der Waals surface area contributed by atoms with Crippen LogP contribution in [0.2, 0.25) is 0 Å². The molecule has 0 aliphatic rings. The average Bonchev–Trinajstić information content (AvgIpc) is 2.36. The van der Waals surface area contributed by atoms with Gasteiger partial charge in [0.15, 0.2) is 5.82 Å². The molecule has 1 aromatic carbocycles. The lowest BCUT2D eigenvalue weighted by atomic mass is 10.2. The van der Waals surface area contributed by atoms with Gasteiger partial charge < -0.3 is 5.32 Å². The topological polar surface area (TPSA) is 42.0 Å². The van der Waals surface area contributed by atoms with E-state index >= 15 is 0 Å². The van der Waals surface area contributed by atoms with Gasteiger partial charge in [-0.05, 0) is 50.1 Å². The van der Waals surface area contributed by atoms with Crippen molar-refractivity contribution < 1.29 is 13.6 Å². The van der Waals surface area contributed by atoms with Gasteiger partial charge in [-0.15, -0.1) is 0 Å². The number of hydrogen-bond donors (Lipinski definition) is 1. The van der Waals surface area contributed by atoms with E-state index in [0.29, 0.717) is 14.6 Å². The molecular weight excluding hydrogens is 466 g/mol. The molecule has 0 saturated heterocycles. The highest BCUT2D eigenvalue weighted by Crippen LogP contribution is 2.34. The monoisotopic (exact) mass is 468 g/mol. The largest absolute Gasteiger partial charge is 0.320 e. The lowest BCUT2D eigenvalue weighted by Gasteiger charge is -2.10. The zero-order valence-corrected chi connectivity index (χ0v) is 14.3. The van der Waals surface area contributed by atoms with Crippen molar-refractivity contribution in [2.24, 2.45) is 0 Å². The molecule has 0 saturated carbocycles. The Bertz CT molecular complexity index is 671. The summed E-state index contributed by atoms with van der Waals surface area (Å²) < 4.78 is 28.4. The van der Waals surface area contributed by atoms with E-state index in [1.54, 1.807) is 12.1 Å². The van der Waals surface area contributed by atoms with Crippen molar-refractivity contribution in [2.45, 2.75) is 0 Å². The van der Waals surface area contributed by atoms with Gasteiger partial charge >= 0.3 is 0 Å². The molecule has 104 valence electrons. The van der Waals surface area contributed by atoms with E-state index in [-0.39, 0.29) is 0 Å². The number of benzene rings is 1. The summed E-state index contributed by atoms with van der Waals surface area (Å²) in [5.41, 5.74) is -0.00552. The lowest BCUT2D eigenvalue weighted by molar-refractivity contribution is 0.102. The minimum atomic E-state index is -1.31. The zero-order chi connectivity index (χ0) is 14.9. The molecule has 3 nitrogen and oxygen atoms in total. The number of hydrogen-bond acceptors (Lipinski definition) is 2. The third-order valence-corrected chi connectivity index (χ3v) is 4.05. The summed E-state index contributed by atoms with van der Waals surface area (Å²) in [6.45, 7) is 0. The molecule has 8 heteroatoms. The Labute approximate surface area is 138 Å². The highest BCUT2D eigenvalue weighted by molar-refractivity contribution is 9.11. The molecule has 0 fully saturated rings. The van der Waals surface area contributed by atoms with Crippen molar-refractivity contribution in [3.8, 4) is 0 Å². The summed E-state index contributed by atoms with van der Waals surface area (Å²) in [5.74, 6) is -3.37. The fourth-order valence-electron chi connectivity index (χ4n) is 1.44. The number of pyridine rings is 1. The van der Waals surface area contributed by atoms with Gasteiger partial charge in [0.05, 0.1) is 11.3 Å². The number of amides is 1. The highest BCUT2D eigenvalue weighted by Gasteiger charge is 2.18. The zero-order valence-electron chi connectivity index (χ0n) is 9.55. The molecule has 0 bridgehead atoms. The predicted molar refractivity (Wildman–Crippen MR) is 81.6 cm³/mol. The molecule has 0 radical (unpaired) electrons. The van der Waals surface area contributed by atoms with Crippen LogP contribution in [-0.2, 0) is 0 Å². The number of carbonyl (C=O) groups excluding carboxylic acids is 1. The summed E-state index contributed by atoms with van der Waals surface area (Å²) in [6.07, 6.45) is 1.03. The molecule has 0 unspecified atom stereocenters. The van der Waals surface area contributed by atoms with Crippen molar-refractivity contribution in [1.29, 1.82) is 0 Å². The van der Waals surface area contributed by atoms with Crippen LogP contribution >= 0.6 is 47.8 Å². The molecule has 1 amide bonds. The number of carbonyl (C=O) groups is 1. The van der Waals surface area contributed by atoms with E-state index in [2.05, 4.69) is 58.1 Å². The number of nitrogens with zero attached hydrogens (tertiary/aromatic N) is 1. The van der Waals surface area contributed by atoms with Gasteiger partial charge in [0.1, 0.15) is 0 Å². The van der Waals surface area contributed by atoms with Gasteiger partial charge in [0.25, 0.3) is 5.91 Å². The van der Waals surface area contributed by atoms with Crippen LogP contribution in [0, 0.1) is 11.8 Å². The summed E-state index contributed by atoms with van der Waals surface area (Å²) >= 11 is 9.84. The van der Waals surface area contributed by atoms with Gasteiger partial charge in [-0.1, -0.05) is 15.9 Å². The van der Waals surface area contributed by atoms with Crippen LogP contribution < -0.4 is 5.32 Å². The standard InChI is InChI=1S/C12H5Br3F2N2O/c13-5-3-7(14)10(8(15)4-5)19-12(20)6-1-2-18-11(17)9(6)16/h1-4H,(H,19,20). The Hall–Kier alpha value is -0.860. The second-order valence-electron chi connectivity index (χ2n) is 3.66. The van der Waals surface area contributed by atoms with E-state index in [0.717, 1.165) is 16.7 Å². The van der Waals surface area contributed by atoms with Crippen molar-refractivity contribution in [1.82, 2.24) is 4.98 Å². The second kappa shape index (κ2) is 6.28. The summed E-state index contributed by atoms with van der Waals surface area (Å²) in [6, 6.07) is 4.53. The third kappa shape index (κ3) is 3.24. The van der Waals surface area contributed by atoms with Gasteiger partial charge in [-0.25, -0.2) is 9.37 Å². The van der Waals surface area contributed by atoms with Crippen LogP contribution in [0.3, 0.4) is 0 Å². The Kier molecular flexibility index (Phi) is 4.87. The molecule has 1 aromatic heterocycles. The Morgan fingerprint density at radius 1 is 1.15 bits per heavy atom. The average molecular weight is 471 g/mol. The number of halogens is 5. The van der Waals surface area contributed by atoms with E-state index in [4.69, 9.17) is 0 Å². The van der Waals surface area contributed by atoms with Crippen LogP contribution in [0.4, 0.5) is 14.5 Å². The number of aromatic nitrogens is 1. The van der Waals surface area contributed by atoms with E-state index in [1.165, 1.54) is 0 Å². The van der Waals surface area contributed by atoms with E-state index < -0.39 is 23.2 Å². The first-order chi connectivity index (χ1) is 9.40. The van der Waals surface area contributed by atoms with E-state index in [1.807, 2.05) is 0 Å². The van der Waals surface area contributed by atoms with Gasteiger partial charge in [0, 0.05) is 19.6 Å². The van der Waals surface area contributed by atoms with Gasteiger partial charge in [0.2, 0.25) is 5.95 Å². The number of nitrogens with one attached hydrogen (secondary N) is 1. The molecule has 1 heterocycles. The summed E-state index contributed by atoms with van der Waals surface area (Å²) in [5, 5.41) is 2.50. The Morgan fingerprint density at radius 2 is 1.75 bits per heavy atom. The number of rotatable bonds is 2. The maximum Gasteiger partial charge on any atom is 0.258 e. The minimum absolute atomic E-state index is 0.412. The second-order valence-corrected chi connectivity index (χ2v) is 6.29. The first-order valence-corrected chi connectivity index (χ1v) is 7.54. The first kappa shape index (κ1) is 15.5. The normalized spacial score (nSPS) is 10.4. The van der Waals surface area contributed by atoms with Crippen LogP contribution in [0.25, 0.3) is 0 Å². The third-order valence-electron chi connectivity index (χ3n) is 2.34. The van der Waals surface area contributed by atoms with Gasteiger partial charge in [-0.3, -0.25) is 4.79 Å². The smallest absolute Gasteiger partial charge is 0.258 e. The first-order valence-electron chi connectivity index (χ1n) is 5.16. The Morgan fingerprint density at radius 3 is 2.35 bits per heavy atom. The maximum absolute atomic E-state index is 13.5. The quantitative estimate of drug-likeness (QED) is 0.634. The van der Waals surface area contributed by atoms with Crippen molar-refractivity contribution >= 4 is 59.4 Å². The van der Waals surface area contributed by atoms with Crippen molar-refractivity contribution in [2.75, 3.05) is 5.32 Å². The van der Waals surface area contributed by atoms with Crippen LogP contribution in [0.1, 0.15) is 10.4 Å². The molecule has 0 atom stereocenters. The van der Waals surface area contributed by atoms with Crippen molar-refractivity contribution in [3.63, 3.8) is 0 Å². The number of anilines is 1. The van der Waals surface area contributed by atoms with Crippen LogP contribution in [0.15, 0.2) is 37.8 Å². The maximum atomic E-state index is 13.5. The van der Waals surface area contributed by atoms with Crippen LogP contribution in [-0.4, -0.2) is 10.9 Å². The molecule has 0 aliphatic carbocycles. The SMILES string of the molecule is O=C(Nc1c(Br)cc(Br)cc1Br)c1ccnc(F)c1F. The van der Waals surface area contributed by atoms with Gasteiger partial charge in [-0.2, -0.15) is 4.39 Å². The molecule has 20 heavy (non-hydrogen) atoms. The fourth-order valence-corrected chi connectivity index (χ4v) is 3.89. The molecule has 1 N–H and O–H groups in total. The summed E-state index contributed by atoms with van der Waals surface area (Å²) in [7, 11) is 0. The Balaban J connectivity index is 2.36. The molecule has 2 aromatic rings. The van der Waals surface area contributed by atoms with E-state index in [9.17, 15) is 13.6 Å². The fraction of sp³-hybridized carbons (Fsp3) is 0.